The fourth-order valence-electron chi connectivity index (χ4n) is 10.6. The number of aryl methyl sites for hydroxylation is 4. The highest BCUT2D eigenvalue weighted by Crippen LogP contribution is 2.62. The van der Waals surface area contributed by atoms with Gasteiger partial charge in [-0.3, -0.25) is 0 Å². The van der Waals surface area contributed by atoms with Crippen LogP contribution >= 0.6 is 0 Å². The summed E-state index contributed by atoms with van der Waals surface area (Å²) in [5.41, 5.74) is 24.6. The summed E-state index contributed by atoms with van der Waals surface area (Å²) in [6.45, 7) is 13.8. The minimum absolute atomic E-state index is 0.240. The van der Waals surface area contributed by atoms with E-state index in [1.165, 1.54) is 116 Å². The topological polar surface area (TPSA) is 3.24 Å². The van der Waals surface area contributed by atoms with Crippen LogP contribution in [0.2, 0.25) is 0 Å². The molecule has 0 amide bonds. The van der Waals surface area contributed by atoms with Crippen LogP contribution in [0.15, 0.2) is 164 Å². The summed E-state index contributed by atoms with van der Waals surface area (Å²) < 4.78 is 0. The van der Waals surface area contributed by atoms with Gasteiger partial charge in [0.25, 0.3) is 0 Å². The number of nitrogens with zero attached hydrogens (tertiary/aromatic N) is 1. The van der Waals surface area contributed by atoms with E-state index in [4.69, 9.17) is 0 Å². The van der Waals surface area contributed by atoms with Gasteiger partial charge >= 0.3 is 0 Å². The van der Waals surface area contributed by atoms with Crippen molar-refractivity contribution >= 4 is 38.6 Å². The highest BCUT2D eigenvalue weighted by Gasteiger charge is 2.41. The Labute approximate surface area is 341 Å². The third-order valence-electron chi connectivity index (χ3n) is 13.1. The zero-order valence-corrected chi connectivity index (χ0v) is 34.0. The summed E-state index contributed by atoms with van der Waals surface area (Å²) in [6.07, 6.45) is 0. The van der Waals surface area contributed by atoms with Crippen LogP contribution in [0.3, 0.4) is 0 Å². The van der Waals surface area contributed by atoms with Gasteiger partial charge in [-0.15, -0.1) is 0 Å². The summed E-state index contributed by atoms with van der Waals surface area (Å²) in [6, 6.07) is 61.5. The molecule has 0 aromatic heterocycles. The molecule has 0 saturated carbocycles. The first-order chi connectivity index (χ1) is 28.2. The number of fused-ring (bicyclic) bond motifs is 8. The Kier molecular flexibility index (Phi) is 7.53. The molecule has 0 aliphatic heterocycles. The average Bonchev–Trinajstić information content (AvgIpc) is 3.67. The van der Waals surface area contributed by atoms with Crippen LogP contribution in [-0.4, -0.2) is 0 Å². The van der Waals surface area contributed by atoms with Crippen molar-refractivity contribution in [1.82, 2.24) is 0 Å². The van der Waals surface area contributed by atoms with Crippen LogP contribution in [0, 0.1) is 27.7 Å². The van der Waals surface area contributed by atoms with E-state index in [0.717, 1.165) is 11.4 Å². The van der Waals surface area contributed by atoms with Crippen molar-refractivity contribution in [1.29, 1.82) is 0 Å². The Morgan fingerprint density at radius 3 is 1.43 bits per heavy atom. The van der Waals surface area contributed by atoms with Crippen LogP contribution in [0.25, 0.3) is 77.2 Å². The first kappa shape index (κ1) is 34.5. The van der Waals surface area contributed by atoms with Crippen LogP contribution in [-0.2, 0) is 5.41 Å². The molecule has 278 valence electrons. The second-order valence-corrected chi connectivity index (χ2v) is 17.1. The maximum atomic E-state index is 2.59. The fourth-order valence-corrected chi connectivity index (χ4v) is 10.6. The Morgan fingerprint density at radius 2 is 0.862 bits per heavy atom. The van der Waals surface area contributed by atoms with E-state index in [-0.39, 0.29) is 5.41 Å². The maximum Gasteiger partial charge on any atom is 0.0465 e. The minimum Gasteiger partial charge on any atom is -0.310 e. The van der Waals surface area contributed by atoms with E-state index >= 15 is 0 Å². The highest BCUT2D eigenvalue weighted by molar-refractivity contribution is 6.29. The van der Waals surface area contributed by atoms with Crippen molar-refractivity contribution in [2.24, 2.45) is 0 Å². The van der Waals surface area contributed by atoms with E-state index in [9.17, 15) is 0 Å². The van der Waals surface area contributed by atoms with Gasteiger partial charge in [-0.2, -0.15) is 0 Å². The van der Waals surface area contributed by atoms with Crippen LogP contribution in [0.1, 0.15) is 47.2 Å². The lowest BCUT2D eigenvalue weighted by Crippen LogP contribution is -2.16. The van der Waals surface area contributed by atoms with E-state index in [1.807, 2.05) is 0 Å². The predicted molar refractivity (Wildman–Crippen MR) is 248 cm³/mol. The first-order valence-electron chi connectivity index (χ1n) is 20.6. The zero-order valence-electron chi connectivity index (χ0n) is 34.0. The number of para-hydroxylation sites is 2. The predicted octanol–water partition coefficient (Wildman–Crippen LogP) is 16.0. The Bertz CT molecular complexity index is 3130. The van der Waals surface area contributed by atoms with Gasteiger partial charge in [0.1, 0.15) is 0 Å². The maximum absolute atomic E-state index is 2.59. The molecular weight excluding hydrogens is 699 g/mol. The Hall–Kier alpha value is -6.70. The number of anilines is 3. The second-order valence-electron chi connectivity index (χ2n) is 17.1. The normalized spacial score (nSPS) is 13.1. The fraction of sp³-hybridized carbons (Fsp3) is 0.123. The average molecular weight is 744 g/mol. The zero-order chi connectivity index (χ0) is 39.4. The van der Waals surface area contributed by atoms with Gasteiger partial charge in [0.2, 0.25) is 0 Å². The molecule has 2 aliphatic carbocycles. The van der Waals surface area contributed by atoms with E-state index < -0.39 is 0 Å². The molecule has 0 radical (unpaired) electrons. The lowest BCUT2D eigenvalue weighted by atomic mass is 9.79. The lowest BCUT2D eigenvalue weighted by Gasteiger charge is -2.28. The van der Waals surface area contributed by atoms with Crippen molar-refractivity contribution in [3.05, 3.63) is 197 Å². The molecule has 1 heteroatoms. The molecule has 0 saturated heterocycles. The summed E-state index contributed by atoms with van der Waals surface area (Å²) in [7, 11) is 0. The molecular formula is C57H45N. The van der Waals surface area contributed by atoms with Crippen molar-refractivity contribution in [3.8, 4) is 55.6 Å². The van der Waals surface area contributed by atoms with Crippen molar-refractivity contribution < 1.29 is 0 Å². The lowest BCUT2D eigenvalue weighted by molar-refractivity contribution is 0.661. The largest absolute Gasteiger partial charge is 0.310 e. The van der Waals surface area contributed by atoms with Gasteiger partial charge in [-0.05, 0) is 170 Å². The van der Waals surface area contributed by atoms with Gasteiger partial charge in [0, 0.05) is 22.5 Å². The molecule has 0 atom stereocenters. The molecule has 0 N–H and O–H groups in total. The summed E-state index contributed by atoms with van der Waals surface area (Å²) in [5, 5.41) is 5.32. The highest BCUT2D eigenvalue weighted by atomic mass is 15.1. The van der Waals surface area contributed by atoms with Crippen molar-refractivity contribution in [2.45, 2.75) is 47.0 Å². The van der Waals surface area contributed by atoms with Crippen molar-refractivity contribution in [2.75, 3.05) is 4.90 Å². The Balaban J connectivity index is 1.22. The smallest absolute Gasteiger partial charge is 0.0465 e. The number of benzene rings is 9. The SMILES string of the molecule is Cc1ccc(-c2c3c(c(-c4ccc(C)cc4C)c4ccccc24)-c2cc4c(c5cccc-3c25)-c2ccc(N(c3ccccc3)c3ccccc3)cc2C4(C)C)c(C)c1. The van der Waals surface area contributed by atoms with Gasteiger partial charge in [-0.25, -0.2) is 0 Å². The molecule has 2 aliphatic rings. The summed E-state index contributed by atoms with van der Waals surface area (Å²) >= 11 is 0. The molecule has 11 rings (SSSR count). The van der Waals surface area contributed by atoms with Gasteiger partial charge < -0.3 is 4.90 Å². The summed E-state index contributed by atoms with van der Waals surface area (Å²) in [4.78, 5) is 2.39. The number of hydrogen-bond donors (Lipinski definition) is 0. The third-order valence-corrected chi connectivity index (χ3v) is 13.1. The molecule has 0 spiro atoms. The molecule has 0 unspecified atom stereocenters. The van der Waals surface area contributed by atoms with E-state index in [0.29, 0.717) is 0 Å². The molecule has 0 bridgehead atoms. The Morgan fingerprint density at radius 1 is 0.345 bits per heavy atom. The van der Waals surface area contributed by atoms with Crippen LogP contribution in [0.5, 0.6) is 0 Å². The number of rotatable bonds is 5. The molecule has 9 aromatic carbocycles. The number of hydrogen-bond acceptors (Lipinski definition) is 1. The third kappa shape index (κ3) is 4.89. The molecule has 58 heavy (non-hydrogen) atoms. The quantitative estimate of drug-likeness (QED) is 0.170. The van der Waals surface area contributed by atoms with Gasteiger partial charge in [-0.1, -0.05) is 146 Å². The monoisotopic (exact) mass is 743 g/mol. The molecule has 0 heterocycles. The molecule has 0 fully saturated rings. The van der Waals surface area contributed by atoms with Gasteiger partial charge in [0.15, 0.2) is 0 Å². The first-order valence-corrected chi connectivity index (χ1v) is 20.6. The van der Waals surface area contributed by atoms with Crippen LogP contribution < -0.4 is 4.90 Å². The minimum atomic E-state index is -0.240. The standard InChI is InChI=1S/C57H45N/c1-34-24-27-41(36(3)30-34)53-43-20-13-14-21-44(43)54(42-28-25-35(2)31-37(42)4)56-48-33-50-52(46-22-15-23-47(51(46)48)55(53)56)45-29-26-40(32-49(45)57(50,5)6)58(38-16-9-7-10-17-38)39-18-11-8-12-19-39/h7-33H,1-6H3. The summed E-state index contributed by atoms with van der Waals surface area (Å²) in [5.74, 6) is 0. The molecule has 1 nitrogen and oxygen atoms in total. The van der Waals surface area contributed by atoms with Gasteiger partial charge in [0.05, 0.1) is 0 Å². The molecule has 9 aromatic rings. The second kappa shape index (κ2) is 12.7. The van der Waals surface area contributed by atoms with Crippen molar-refractivity contribution in [3.63, 3.8) is 0 Å². The van der Waals surface area contributed by atoms with Crippen LogP contribution in [0.4, 0.5) is 17.1 Å². The van der Waals surface area contributed by atoms with E-state index in [2.05, 4.69) is 210 Å². The van der Waals surface area contributed by atoms with E-state index in [1.54, 1.807) is 0 Å².